The number of nitrogens with zero attached hydrogens (tertiary/aromatic N) is 4. The molecule has 2 aromatic carbocycles. The van der Waals surface area contributed by atoms with Crippen molar-refractivity contribution in [2.45, 2.75) is 27.1 Å². The van der Waals surface area contributed by atoms with Crippen molar-refractivity contribution in [3.63, 3.8) is 0 Å². The summed E-state index contributed by atoms with van der Waals surface area (Å²) in [6, 6.07) is 15.1. The fourth-order valence-corrected chi connectivity index (χ4v) is 3.95. The Bertz CT molecular complexity index is 1450. The van der Waals surface area contributed by atoms with E-state index in [-0.39, 0.29) is 23.4 Å². The SMILES string of the molecule is CCNC(=O)c1ccccc1-n1nc(Nc2ccc3c(c2)OC(F)(F)O3)nc1-c1cc(C)nc(C)c1. The Kier molecular flexibility index (Phi) is 5.75. The minimum absolute atomic E-state index is 0.0664. The number of fused-ring (bicyclic) bond motifs is 1. The van der Waals surface area contributed by atoms with E-state index in [4.69, 9.17) is 0 Å². The molecule has 0 unspecified atom stereocenters. The van der Waals surface area contributed by atoms with Gasteiger partial charge >= 0.3 is 6.29 Å². The van der Waals surface area contributed by atoms with Gasteiger partial charge in [-0.05, 0) is 57.2 Å². The third kappa shape index (κ3) is 4.54. The third-order valence-electron chi connectivity index (χ3n) is 5.32. The molecule has 0 saturated heterocycles. The van der Waals surface area contributed by atoms with E-state index < -0.39 is 6.29 Å². The normalized spacial score (nSPS) is 13.5. The lowest BCUT2D eigenvalue weighted by molar-refractivity contribution is -0.286. The van der Waals surface area contributed by atoms with Crippen molar-refractivity contribution >= 4 is 17.5 Å². The highest BCUT2D eigenvalue weighted by Gasteiger charge is 2.43. The maximum Gasteiger partial charge on any atom is 0.586 e. The molecule has 0 spiro atoms. The molecular weight excluding hydrogens is 470 g/mol. The van der Waals surface area contributed by atoms with E-state index in [2.05, 4.69) is 35.2 Å². The highest BCUT2D eigenvalue weighted by atomic mass is 19.3. The minimum atomic E-state index is -3.71. The second kappa shape index (κ2) is 8.91. The van der Waals surface area contributed by atoms with E-state index in [1.807, 2.05) is 32.9 Å². The summed E-state index contributed by atoms with van der Waals surface area (Å²) in [4.78, 5) is 21.9. The molecule has 184 valence electrons. The summed E-state index contributed by atoms with van der Waals surface area (Å²) in [6.07, 6.45) is -3.71. The van der Waals surface area contributed by atoms with E-state index in [0.29, 0.717) is 29.3 Å². The summed E-state index contributed by atoms with van der Waals surface area (Å²) in [7, 11) is 0. The monoisotopic (exact) mass is 492 g/mol. The fourth-order valence-electron chi connectivity index (χ4n) is 3.95. The van der Waals surface area contributed by atoms with Crippen LogP contribution in [0.2, 0.25) is 0 Å². The molecule has 0 aliphatic carbocycles. The number of pyridine rings is 1. The second-order valence-corrected chi connectivity index (χ2v) is 8.14. The summed E-state index contributed by atoms with van der Waals surface area (Å²) in [5.41, 5.74) is 3.70. The Balaban J connectivity index is 1.60. The number of rotatable bonds is 6. The molecule has 0 bridgehead atoms. The largest absolute Gasteiger partial charge is 0.586 e. The topological polar surface area (TPSA) is 103 Å². The summed E-state index contributed by atoms with van der Waals surface area (Å²) < 4.78 is 37.4. The molecule has 36 heavy (non-hydrogen) atoms. The Morgan fingerprint density at radius 2 is 1.72 bits per heavy atom. The van der Waals surface area contributed by atoms with Gasteiger partial charge in [0.05, 0.1) is 11.3 Å². The molecule has 2 aromatic heterocycles. The van der Waals surface area contributed by atoms with Crippen molar-refractivity contribution in [2.24, 2.45) is 0 Å². The number of hydrogen-bond donors (Lipinski definition) is 2. The average molecular weight is 492 g/mol. The van der Waals surface area contributed by atoms with Crippen molar-refractivity contribution in [3.05, 3.63) is 71.5 Å². The van der Waals surface area contributed by atoms with Crippen LogP contribution in [0, 0.1) is 13.8 Å². The highest BCUT2D eigenvalue weighted by Crippen LogP contribution is 2.42. The van der Waals surface area contributed by atoms with Crippen molar-refractivity contribution in [1.29, 1.82) is 0 Å². The lowest BCUT2D eigenvalue weighted by Gasteiger charge is -2.12. The minimum Gasteiger partial charge on any atom is -0.395 e. The van der Waals surface area contributed by atoms with E-state index in [9.17, 15) is 13.6 Å². The van der Waals surface area contributed by atoms with E-state index in [0.717, 1.165) is 17.0 Å². The van der Waals surface area contributed by atoms with Crippen LogP contribution < -0.4 is 20.1 Å². The van der Waals surface area contributed by atoms with Gasteiger partial charge in [-0.15, -0.1) is 13.9 Å². The molecule has 5 rings (SSSR count). The number of amides is 1. The zero-order valence-corrected chi connectivity index (χ0v) is 19.7. The van der Waals surface area contributed by atoms with Gasteiger partial charge in [0, 0.05) is 35.2 Å². The van der Waals surface area contributed by atoms with Gasteiger partial charge in [-0.3, -0.25) is 9.78 Å². The summed E-state index contributed by atoms with van der Waals surface area (Å²) in [5.74, 6) is 0.237. The number of nitrogens with one attached hydrogen (secondary N) is 2. The standard InChI is InChI=1S/C25H22F2N6O3/c1-4-28-23(34)18-7-5-6-8-19(18)33-22(16-11-14(2)29-15(3)12-16)31-24(32-33)30-17-9-10-20-21(13-17)36-25(26,27)35-20/h5-13H,4H2,1-3H3,(H,28,34)(H,30,32). The number of ether oxygens (including phenoxy) is 2. The Morgan fingerprint density at radius 3 is 2.47 bits per heavy atom. The first-order valence-corrected chi connectivity index (χ1v) is 11.2. The van der Waals surface area contributed by atoms with Gasteiger partial charge in [-0.1, -0.05) is 12.1 Å². The van der Waals surface area contributed by atoms with Crippen LogP contribution in [0.5, 0.6) is 11.5 Å². The van der Waals surface area contributed by atoms with Crippen LogP contribution >= 0.6 is 0 Å². The first-order valence-electron chi connectivity index (χ1n) is 11.2. The van der Waals surface area contributed by atoms with Crippen LogP contribution in [-0.2, 0) is 0 Å². The summed E-state index contributed by atoms with van der Waals surface area (Å²) >= 11 is 0. The van der Waals surface area contributed by atoms with E-state index in [1.54, 1.807) is 35.0 Å². The molecule has 11 heteroatoms. The molecule has 1 aliphatic heterocycles. The molecule has 9 nitrogen and oxygen atoms in total. The number of carbonyl (C=O) groups is 1. The van der Waals surface area contributed by atoms with Crippen molar-refractivity contribution in [3.8, 4) is 28.6 Å². The Labute approximate surface area is 205 Å². The number of aryl methyl sites for hydroxylation is 2. The zero-order valence-electron chi connectivity index (χ0n) is 19.7. The Morgan fingerprint density at radius 1 is 1.00 bits per heavy atom. The number of hydrogen-bond acceptors (Lipinski definition) is 7. The lowest BCUT2D eigenvalue weighted by atomic mass is 10.1. The number of aromatic nitrogens is 4. The second-order valence-electron chi connectivity index (χ2n) is 8.14. The van der Waals surface area contributed by atoms with Gasteiger partial charge in [0.2, 0.25) is 5.95 Å². The first kappa shape index (κ1) is 23.2. The van der Waals surface area contributed by atoms with Gasteiger partial charge in [0.1, 0.15) is 0 Å². The molecule has 0 radical (unpaired) electrons. The molecule has 3 heterocycles. The number of anilines is 2. The third-order valence-corrected chi connectivity index (χ3v) is 5.32. The maximum atomic E-state index is 13.4. The quantitative estimate of drug-likeness (QED) is 0.400. The predicted octanol–water partition coefficient (Wildman–Crippen LogP) is 4.76. The molecule has 0 fully saturated rings. The molecule has 1 amide bonds. The number of carbonyl (C=O) groups excluding carboxylic acids is 1. The molecular formula is C25H22F2N6O3. The molecule has 0 atom stereocenters. The molecule has 4 aromatic rings. The van der Waals surface area contributed by atoms with Gasteiger partial charge in [-0.25, -0.2) is 4.68 Å². The van der Waals surface area contributed by atoms with Crippen molar-refractivity contribution in [1.82, 2.24) is 25.1 Å². The van der Waals surface area contributed by atoms with Gasteiger partial charge in [-0.2, -0.15) is 4.98 Å². The fraction of sp³-hybridized carbons (Fsp3) is 0.200. The summed E-state index contributed by atoms with van der Waals surface area (Å²) in [5, 5.41) is 10.4. The number of alkyl halides is 2. The van der Waals surface area contributed by atoms with Gasteiger partial charge < -0.3 is 20.1 Å². The Hall–Kier alpha value is -4.54. The average Bonchev–Trinajstić information content (AvgIpc) is 3.37. The number of halogens is 2. The lowest BCUT2D eigenvalue weighted by Crippen LogP contribution is -2.25. The van der Waals surface area contributed by atoms with E-state index in [1.165, 1.54) is 12.1 Å². The molecule has 0 saturated carbocycles. The van der Waals surface area contributed by atoms with Gasteiger partial charge in [0.15, 0.2) is 17.3 Å². The smallest absolute Gasteiger partial charge is 0.395 e. The van der Waals surface area contributed by atoms with Crippen LogP contribution in [0.3, 0.4) is 0 Å². The number of para-hydroxylation sites is 1. The van der Waals surface area contributed by atoms with Gasteiger partial charge in [0.25, 0.3) is 5.91 Å². The molecule has 1 aliphatic rings. The highest BCUT2D eigenvalue weighted by molar-refractivity contribution is 5.98. The van der Waals surface area contributed by atoms with E-state index >= 15 is 0 Å². The van der Waals surface area contributed by atoms with Crippen LogP contribution in [-0.4, -0.2) is 38.5 Å². The van der Waals surface area contributed by atoms with Crippen LogP contribution in [0.15, 0.2) is 54.6 Å². The van der Waals surface area contributed by atoms with Crippen molar-refractivity contribution < 1.29 is 23.0 Å². The zero-order chi connectivity index (χ0) is 25.4. The molecule has 2 N–H and O–H groups in total. The first-order chi connectivity index (χ1) is 17.2. The predicted molar refractivity (Wildman–Crippen MR) is 128 cm³/mol. The van der Waals surface area contributed by atoms with Crippen molar-refractivity contribution in [2.75, 3.05) is 11.9 Å². The maximum absolute atomic E-state index is 13.4. The summed E-state index contributed by atoms with van der Waals surface area (Å²) in [6.45, 7) is 6.06. The van der Waals surface area contributed by atoms with Crippen LogP contribution in [0.1, 0.15) is 28.7 Å². The number of benzene rings is 2. The van der Waals surface area contributed by atoms with Crippen LogP contribution in [0.25, 0.3) is 17.1 Å². The van der Waals surface area contributed by atoms with Crippen LogP contribution in [0.4, 0.5) is 20.4 Å².